The van der Waals surface area contributed by atoms with Gasteiger partial charge in [0, 0.05) is 23.3 Å². The Balaban J connectivity index is 1.38. The molecule has 0 aromatic carbocycles. The monoisotopic (exact) mass is 326 g/mol. The van der Waals surface area contributed by atoms with Crippen LogP contribution in [-0.4, -0.2) is 36.4 Å². The first-order valence-electron chi connectivity index (χ1n) is 6.92. The molecular formula is C14H19BrN2O2. The SMILES string of the molecule is Brc1cncc(OCC2CCC(CNC3CC3)O2)c1. The second-order valence-corrected chi connectivity index (χ2v) is 6.21. The molecule has 0 radical (unpaired) electrons. The van der Waals surface area contributed by atoms with Crippen molar-refractivity contribution in [2.75, 3.05) is 13.2 Å². The van der Waals surface area contributed by atoms with Gasteiger partial charge in [0.05, 0.1) is 18.4 Å². The lowest BCUT2D eigenvalue weighted by atomic mass is 10.2. The van der Waals surface area contributed by atoms with Crippen LogP contribution >= 0.6 is 15.9 Å². The Morgan fingerprint density at radius 2 is 2.11 bits per heavy atom. The Kier molecular flexibility index (Phi) is 4.35. The minimum Gasteiger partial charge on any atom is -0.489 e. The molecule has 0 spiro atoms. The van der Waals surface area contributed by atoms with Gasteiger partial charge >= 0.3 is 0 Å². The fourth-order valence-electron chi connectivity index (χ4n) is 2.30. The van der Waals surface area contributed by atoms with Crippen LogP contribution in [0.25, 0.3) is 0 Å². The van der Waals surface area contributed by atoms with Gasteiger partial charge in [0.25, 0.3) is 0 Å². The van der Waals surface area contributed by atoms with Crippen LogP contribution in [0.1, 0.15) is 25.7 Å². The molecule has 2 heterocycles. The summed E-state index contributed by atoms with van der Waals surface area (Å²) in [5.41, 5.74) is 0. The molecule has 4 nitrogen and oxygen atoms in total. The van der Waals surface area contributed by atoms with E-state index in [1.807, 2.05) is 6.07 Å². The van der Waals surface area contributed by atoms with Crippen molar-refractivity contribution in [3.8, 4) is 5.75 Å². The van der Waals surface area contributed by atoms with Crippen molar-refractivity contribution < 1.29 is 9.47 Å². The number of hydrogen-bond acceptors (Lipinski definition) is 4. The number of halogens is 1. The third-order valence-electron chi connectivity index (χ3n) is 3.52. The Morgan fingerprint density at radius 3 is 2.89 bits per heavy atom. The van der Waals surface area contributed by atoms with Crippen LogP contribution in [0, 0.1) is 0 Å². The Morgan fingerprint density at radius 1 is 1.26 bits per heavy atom. The topological polar surface area (TPSA) is 43.4 Å². The fourth-order valence-corrected chi connectivity index (χ4v) is 2.64. The highest BCUT2D eigenvalue weighted by atomic mass is 79.9. The van der Waals surface area contributed by atoms with Crippen molar-refractivity contribution >= 4 is 15.9 Å². The largest absolute Gasteiger partial charge is 0.489 e. The molecule has 2 aliphatic rings. The summed E-state index contributed by atoms with van der Waals surface area (Å²) in [5.74, 6) is 0.789. The number of rotatable bonds is 6. The molecule has 3 rings (SSSR count). The lowest BCUT2D eigenvalue weighted by Gasteiger charge is -2.15. The van der Waals surface area contributed by atoms with Crippen molar-refractivity contribution in [3.05, 3.63) is 22.9 Å². The van der Waals surface area contributed by atoms with E-state index >= 15 is 0 Å². The zero-order valence-corrected chi connectivity index (χ0v) is 12.4. The van der Waals surface area contributed by atoms with Gasteiger partial charge in [-0.25, -0.2) is 0 Å². The fraction of sp³-hybridized carbons (Fsp3) is 0.643. The highest BCUT2D eigenvalue weighted by Gasteiger charge is 2.28. The van der Waals surface area contributed by atoms with Crippen LogP contribution in [0.15, 0.2) is 22.9 Å². The van der Waals surface area contributed by atoms with Crippen LogP contribution in [-0.2, 0) is 4.74 Å². The van der Waals surface area contributed by atoms with Crippen molar-refractivity contribution in [2.45, 2.75) is 43.9 Å². The molecule has 2 atom stereocenters. The summed E-state index contributed by atoms with van der Waals surface area (Å²) in [6, 6.07) is 2.68. The first kappa shape index (κ1) is 13.3. The van der Waals surface area contributed by atoms with Crippen LogP contribution < -0.4 is 10.1 Å². The van der Waals surface area contributed by atoms with Gasteiger partial charge in [-0.15, -0.1) is 0 Å². The van der Waals surface area contributed by atoms with E-state index in [1.54, 1.807) is 12.4 Å². The lowest BCUT2D eigenvalue weighted by molar-refractivity contribution is 0.0183. The predicted octanol–water partition coefficient (Wildman–Crippen LogP) is 2.52. The molecule has 0 bridgehead atoms. The summed E-state index contributed by atoms with van der Waals surface area (Å²) in [5, 5.41) is 3.52. The maximum absolute atomic E-state index is 5.97. The Bertz CT molecular complexity index is 426. The van der Waals surface area contributed by atoms with Crippen molar-refractivity contribution in [3.63, 3.8) is 0 Å². The molecular weight excluding hydrogens is 308 g/mol. The van der Waals surface area contributed by atoms with Gasteiger partial charge < -0.3 is 14.8 Å². The molecule has 1 aliphatic heterocycles. The summed E-state index contributed by atoms with van der Waals surface area (Å²) in [7, 11) is 0. The smallest absolute Gasteiger partial charge is 0.138 e. The van der Waals surface area contributed by atoms with Crippen LogP contribution in [0.5, 0.6) is 5.75 Å². The minimum absolute atomic E-state index is 0.213. The van der Waals surface area contributed by atoms with Crippen molar-refractivity contribution in [1.29, 1.82) is 0 Å². The number of aromatic nitrogens is 1. The van der Waals surface area contributed by atoms with Gasteiger partial charge in [-0.2, -0.15) is 0 Å². The quantitative estimate of drug-likeness (QED) is 0.872. The number of nitrogens with zero attached hydrogens (tertiary/aromatic N) is 1. The minimum atomic E-state index is 0.213. The number of pyridine rings is 1. The van der Waals surface area contributed by atoms with E-state index in [2.05, 4.69) is 26.2 Å². The average molecular weight is 327 g/mol. The summed E-state index contributed by atoms with van der Waals surface area (Å²) >= 11 is 3.38. The van der Waals surface area contributed by atoms with E-state index in [9.17, 15) is 0 Å². The number of hydrogen-bond donors (Lipinski definition) is 1. The second-order valence-electron chi connectivity index (χ2n) is 5.29. The molecule has 1 saturated carbocycles. The second kappa shape index (κ2) is 6.20. The first-order valence-corrected chi connectivity index (χ1v) is 7.71. The van der Waals surface area contributed by atoms with Crippen LogP contribution in [0.4, 0.5) is 0 Å². The van der Waals surface area contributed by atoms with E-state index in [0.29, 0.717) is 12.7 Å². The normalized spacial score (nSPS) is 26.6. The maximum atomic E-state index is 5.97. The molecule has 1 aromatic rings. The predicted molar refractivity (Wildman–Crippen MR) is 76.4 cm³/mol. The van der Waals surface area contributed by atoms with Gasteiger partial charge in [0.2, 0.25) is 0 Å². The summed E-state index contributed by atoms with van der Waals surface area (Å²) in [4.78, 5) is 4.08. The standard InChI is InChI=1S/C14H19BrN2O2/c15-10-5-14(7-16-6-10)18-9-13-4-3-12(19-13)8-17-11-1-2-11/h5-7,11-13,17H,1-4,8-9H2. The van der Waals surface area contributed by atoms with Gasteiger partial charge in [0.1, 0.15) is 12.4 Å². The molecule has 1 aromatic heterocycles. The highest BCUT2D eigenvalue weighted by molar-refractivity contribution is 9.10. The molecule has 2 unspecified atom stereocenters. The zero-order valence-electron chi connectivity index (χ0n) is 10.8. The molecule has 1 aliphatic carbocycles. The molecule has 104 valence electrons. The Hall–Kier alpha value is -0.650. The van der Waals surface area contributed by atoms with Gasteiger partial charge in [-0.1, -0.05) is 0 Å². The summed E-state index contributed by atoms with van der Waals surface area (Å²) in [6.45, 7) is 1.59. The molecule has 5 heteroatoms. The van der Waals surface area contributed by atoms with E-state index in [0.717, 1.165) is 35.7 Å². The Labute approximate surface area is 122 Å². The summed E-state index contributed by atoms with van der Waals surface area (Å²) < 4.78 is 12.6. The third-order valence-corrected chi connectivity index (χ3v) is 3.96. The average Bonchev–Trinajstić information content (AvgIpc) is 3.13. The molecule has 1 N–H and O–H groups in total. The molecule has 0 amide bonds. The van der Waals surface area contributed by atoms with E-state index in [1.165, 1.54) is 12.8 Å². The van der Waals surface area contributed by atoms with E-state index in [-0.39, 0.29) is 6.10 Å². The third kappa shape index (κ3) is 4.16. The lowest BCUT2D eigenvalue weighted by Crippen LogP contribution is -2.29. The molecule has 1 saturated heterocycles. The van der Waals surface area contributed by atoms with Crippen molar-refractivity contribution in [1.82, 2.24) is 10.3 Å². The number of ether oxygens (including phenoxy) is 2. The van der Waals surface area contributed by atoms with Gasteiger partial charge in [-0.3, -0.25) is 4.98 Å². The van der Waals surface area contributed by atoms with Crippen LogP contribution in [0.2, 0.25) is 0 Å². The zero-order chi connectivity index (χ0) is 13.1. The van der Waals surface area contributed by atoms with E-state index in [4.69, 9.17) is 9.47 Å². The highest BCUT2D eigenvalue weighted by Crippen LogP contribution is 2.23. The van der Waals surface area contributed by atoms with E-state index < -0.39 is 0 Å². The van der Waals surface area contributed by atoms with Gasteiger partial charge in [0.15, 0.2) is 0 Å². The van der Waals surface area contributed by atoms with Crippen molar-refractivity contribution in [2.24, 2.45) is 0 Å². The number of nitrogens with one attached hydrogen (secondary N) is 1. The molecule has 19 heavy (non-hydrogen) atoms. The van der Waals surface area contributed by atoms with Crippen LogP contribution in [0.3, 0.4) is 0 Å². The molecule has 2 fully saturated rings. The first-order chi connectivity index (χ1) is 9.29. The maximum Gasteiger partial charge on any atom is 0.138 e. The van der Waals surface area contributed by atoms with Gasteiger partial charge in [-0.05, 0) is 47.7 Å². The summed E-state index contributed by atoms with van der Waals surface area (Å²) in [6.07, 6.45) is 8.91.